The van der Waals surface area contributed by atoms with Crippen molar-refractivity contribution in [3.05, 3.63) is 0 Å². The van der Waals surface area contributed by atoms with Gasteiger partial charge in [0.2, 0.25) is 0 Å². The van der Waals surface area contributed by atoms with Gasteiger partial charge in [-0.1, -0.05) is 0 Å². The summed E-state index contributed by atoms with van der Waals surface area (Å²) in [7, 11) is 0. The Labute approximate surface area is 194 Å². The lowest BCUT2D eigenvalue weighted by Gasteiger charge is -2.48. The fourth-order valence-electron chi connectivity index (χ4n) is 4.24. The predicted octanol–water partition coefficient (Wildman–Crippen LogP) is -6.50. The lowest BCUT2D eigenvalue weighted by atomic mass is 9.94. The summed E-state index contributed by atoms with van der Waals surface area (Å²) in [5.41, 5.74) is 0. The Balaban J connectivity index is 1.84. The smallest absolute Gasteiger partial charge is 0.187 e. The molecule has 34 heavy (non-hydrogen) atoms. The van der Waals surface area contributed by atoms with Crippen LogP contribution in [0, 0.1) is 0 Å². The van der Waals surface area contributed by atoms with Gasteiger partial charge in [0.05, 0.1) is 25.9 Å². The molecule has 0 unspecified atom stereocenters. The highest BCUT2D eigenvalue weighted by Gasteiger charge is 2.53. The van der Waals surface area contributed by atoms with Crippen LogP contribution in [-0.2, 0) is 23.7 Å². The van der Waals surface area contributed by atoms with E-state index >= 15 is 0 Å². The molecule has 15 heteroatoms. The molecule has 3 saturated heterocycles. The quantitative estimate of drug-likeness (QED) is 0.155. The van der Waals surface area contributed by atoms with Gasteiger partial charge in [-0.25, -0.2) is 0 Å². The Bertz CT molecular complexity index is 637. The number of rotatable bonds is 7. The second-order valence-electron chi connectivity index (χ2n) is 8.65. The third-order valence-electron chi connectivity index (χ3n) is 6.36. The molecule has 3 fully saturated rings. The molecule has 0 aliphatic carbocycles. The number of hydrogen-bond acceptors (Lipinski definition) is 15. The SMILES string of the molecule is C[C@@H]1O[C@H](CO)[C@H](O[C@H]2O[C@H](CO)[C@@H](O)[C@H](O)[C@H]2O[C@@H]2O[C@H](CO)[C@@H](O)[C@H](O)[C@H]2O)[C@H](O)[C@H]1O. The Morgan fingerprint density at radius 3 is 1.53 bits per heavy atom. The van der Waals surface area contributed by atoms with Crippen molar-refractivity contribution in [1.29, 1.82) is 0 Å². The molecular formula is C19H34O15. The van der Waals surface area contributed by atoms with Crippen LogP contribution in [0.3, 0.4) is 0 Å². The molecule has 3 aliphatic heterocycles. The standard InChI is InChI=1S/C19H34O15/c1-5-9(23)13(27)16(8(4-22)30-5)33-19-17(14(28)11(25)7(3-21)32-19)34-18-15(29)12(26)10(24)6(2-20)31-18/h5-29H,2-4H2,1H3/t5-,6+,7+,8+,9-,10+,11+,12-,13+,14-,15+,16-,17+,18-,19+/m0/s1. The van der Waals surface area contributed by atoms with Crippen LogP contribution >= 0.6 is 0 Å². The molecule has 0 radical (unpaired) electrons. The number of aliphatic hydroxyl groups is 10. The van der Waals surface area contributed by atoms with Gasteiger partial charge in [0, 0.05) is 0 Å². The van der Waals surface area contributed by atoms with Gasteiger partial charge in [-0.05, 0) is 6.92 Å². The predicted molar refractivity (Wildman–Crippen MR) is 105 cm³/mol. The van der Waals surface area contributed by atoms with E-state index in [9.17, 15) is 51.1 Å². The number of aliphatic hydroxyl groups excluding tert-OH is 10. The Morgan fingerprint density at radius 2 is 0.971 bits per heavy atom. The largest absolute Gasteiger partial charge is 0.394 e. The first-order chi connectivity index (χ1) is 16.0. The van der Waals surface area contributed by atoms with Gasteiger partial charge in [0.25, 0.3) is 0 Å². The zero-order valence-corrected chi connectivity index (χ0v) is 18.3. The molecule has 0 aromatic rings. The third-order valence-corrected chi connectivity index (χ3v) is 6.36. The summed E-state index contributed by atoms with van der Waals surface area (Å²) < 4.78 is 27.4. The molecule has 0 amide bonds. The fourth-order valence-corrected chi connectivity index (χ4v) is 4.24. The van der Waals surface area contributed by atoms with E-state index in [4.69, 9.17) is 23.7 Å². The van der Waals surface area contributed by atoms with Crippen molar-refractivity contribution in [2.45, 2.75) is 98.9 Å². The van der Waals surface area contributed by atoms with Crippen LogP contribution in [-0.4, -0.2) is 163 Å². The molecule has 3 rings (SSSR count). The van der Waals surface area contributed by atoms with Crippen molar-refractivity contribution >= 4 is 0 Å². The van der Waals surface area contributed by atoms with Gasteiger partial charge in [0.1, 0.15) is 73.2 Å². The topological polar surface area (TPSA) is 248 Å². The van der Waals surface area contributed by atoms with E-state index in [1.807, 2.05) is 0 Å². The van der Waals surface area contributed by atoms with E-state index in [0.717, 1.165) is 0 Å². The normalized spacial score (nSPS) is 52.5. The summed E-state index contributed by atoms with van der Waals surface area (Å²) >= 11 is 0. The van der Waals surface area contributed by atoms with E-state index in [1.54, 1.807) is 0 Å². The van der Waals surface area contributed by atoms with Crippen molar-refractivity contribution in [3.8, 4) is 0 Å². The summed E-state index contributed by atoms with van der Waals surface area (Å²) in [5.74, 6) is 0. The summed E-state index contributed by atoms with van der Waals surface area (Å²) in [4.78, 5) is 0. The van der Waals surface area contributed by atoms with Gasteiger partial charge in [-0.2, -0.15) is 0 Å². The van der Waals surface area contributed by atoms with E-state index in [0.29, 0.717) is 0 Å². The van der Waals surface area contributed by atoms with E-state index in [-0.39, 0.29) is 0 Å². The Morgan fingerprint density at radius 1 is 0.500 bits per heavy atom. The van der Waals surface area contributed by atoms with Gasteiger partial charge in [0.15, 0.2) is 12.6 Å². The molecular weight excluding hydrogens is 468 g/mol. The highest BCUT2D eigenvalue weighted by molar-refractivity contribution is 4.96. The maximum absolute atomic E-state index is 10.6. The molecule has 3 heterocycles. The molecule has 10 N–H and O–H groups in total. The maximum atomic E-state index is 10.6. The van der Waals surface area contributed by atoms with Crippen molar-refractivity contribution in [1.82, 2.24) is 0 Å². The number of ether oxygens (including phenoxy) is 5. The third kappa shape index (κ3) is 5.39. The molecule has 3 aliphatic rings. The van der Waals surface area contributed by atoms with Crippen LogP contribution in [0.5, 0.6) is 0 Å². The van der Waals surface area contributed by atoms with Crippen molar-refractivity contribution in [3.63, 3.8) is 0 Å². The van der Waals surface area contributed by atoms with Gasteiger partial charge in [-0.15, -0.1) is 0 Å². The van der Waals surface area contributed by atoms with E-state index in [1.165, 1.54) is 6.92 Å². The lowest BCUT2D eigenvalue weighted by molar-refractivity contribution is -0.382. The molecule has 0 bridgehead atoms. The highest BCUT2D eigenvalue weighted by Crippen LogP contribution is 2.32. The van der Waals surface area contributed by atoms with Gasteiger partial charge >= 0.3 is 0 Å². The first-order valence-corrected chi connectivity index (χ1v) is 10.9. The van der Waals surface area contributed by atoms with Crippen LogP contribution in [0.4, 0.5) is 0 Å². The summed E-state index contributed by atoms with van der Waals surface area (Å²) in [6.45, 7) is -0.656. The van der Waals surface area contributed by atoms with Crippen LogP contribution in [0.15, 0.2) is 0 Å². The Hall–Kier alpha value is -0.600. The Kier molecular flexibility index (Phi) is 9.57. The first-order valence-electron chi connectivity index (χ1n) is 10.9. The second kappa shape index (κ2) is 11.6. The molecule has 0 aromatic carbocycles. The van der Waals surface area contributed by atoms with Crippen LogP contribution in [0.1, 0.15) is 6.92 Å². The van der Waals surface area contributed by atoms with E-state index in [2.05, 4.69) is 0 Å². The zero-order valence-electron chi connectivity index (χ0n) is 18.3. The fraction of sp³-hybridized carbons (Fsp3) is 1.00. The molecule has 15 atom stereocenters. The first kappa shape index (κ1) is 28.0. The van der Waals surface area contributed by atoms with Crippen LogP contribution in [0.25, 0.3) is 0 Å². The molecule has 0 saturated carbocycles. The molecule has 0 aromatic heterocycles. The minimum Gasteiger partial charge on any atom is -0.394 e. The number of hydrogen-bond donors (Lipinski definition) is 10. The molecule has 0 spiro atoms. The van der Waals surface area contributed by atoms with Gasteiger partial charge < -0.3 is 74.7 Å². The van der Waals surface area contributed by atoms with Crippen molar-refractivity contribution < 1.29 is 74.7 Å². The summed E-state index contributed by atoms with van der Waals surface area (Å²) in [6.07, 6.45) is -23.0. The summed E-state index contributed by atoms with van der Waals surface area (Å²) in [5, 5.41) is 100. The maximum Gasteiger partial charge on any atom is 0.187 e. The average Bonchev–Trinajstić information content (AvgIpc) is 2.83. The summed E-state index contributed by atoms with van der Waals surface area (Å²) in [6, 6.07) is 0. The molecule has 200 valence electrons. The minimum atomic E-state index is -1.85. The zero-order chi connectivity index (χ0) is 25.3. The van der Waals surface area contributed by atoms with Crippen LogP contribution < -0.4 is 0 Å². The van der Waals surface area contributed by atoms with Crippen molar-refractivity contribution in [2.24, 2.45) is 0 Å². The van der Waals surface area contributed by atoms with Crippen LogP contribution in [0.2, 0.25) is 0 Å². The monoisotopic (exact) mass is 502 g/mol. The highest BCUT2D eigenvalue weighted by atomic mass is 16.8. The van der Waals surface area contributed by atoms with E-state index < -0.39 is 112 Å². The van der Waals surface area contributed by atoms with Gasteiger partial charge in [-0.3, -0.25) is 0 Å². The second-order valence-corrected chi connectivity index (χ2v) is 8.65. The van der Waals surface area contributed by atoms with Crippen molar-refractivity contribution in [2.75, 3.05) is 19.8 Å². The lowest BCUT2D eigenvalue weighted by Crippen LogP contribution is -2.66. The average molecular weight is 502 g/mol. The minimum absolute atomic E-state index is 0.627. The molecule has 15 nitrogen and oxygen atoms in total.